The Hall–Kier alpha value is -4.51. The van der Waals surface area contributed by atoms with Gasteiger partial charge in [-0.05, 0) is 79.8 Å². The molecule has 1 N–H and O–H groups in total. The Balaban J connectivity index is 1.26. The molecule has 1 aliphatic carbocycles. The van der Waals surface area contributed by atoms with Crippen molar-refractivity contribution in [3.63, 3.8) is 0 Å². The Labute approximate surface area is 301 Å². The van der Waals surface area contributed by atoms with Gasteiger partial charge in [0, 0.05) is 61.1 Å². The smallest absolute Gasteiger partial charge is 0.245 e. The lowest BCUT2D eigenvalue weighted by Gasteiger charge is -2.28. The Bertz CT molecular complexity index is 2050. The molecule has 0 radical (unpaired) electrons. The molecule has 4 atom stereocenters. The monoisotopic (exact) mass is 712 g/mol. The van der Waals surface area contributed by atoms with E-state index < -0.39 is 23.2 Å². The van der Waals surface area contributed by atoms with E-state index >= 15 is 0 Å². The fourth-order valence-electron chi connectivity index (χ4n) is 8.17. The highest BCUT2D eigenvalue weighted by atomic mass is 35.5. The molecule has 2 aromatic carbocycles. The van der Waals surface area contributed by atoms with Gasteiger partial charge in [-0.1, -0.05) is 43.5 Å². The van der Waals surface area contributed by atoms with Crippen molar-refractivity contribution in [2.45, 2.75) is 103 Å². The van der Waals surface area contributed by atoms with Crippen LogP contribution in [0.2, 0.25) is 5.02 Å². The Morgan fingerprint density at radius 3 is 2.55 bits per heavy atom. The number of piperidine rings is 1. The van der Waals surface area contributed by atoms with Gasteiger partial charge in [-0.25, -0.2) is 14.4 Å². The van der Waals surface area contributed by atoms with Gasteiger partial charge in [0.2, 0.25) is 11.8 Å². The highest BCUT2D eigenvalue weighted by molar-refractivity contribution is 6.30. The van der Waals surface area contributed by atoms with Crippen molar-refractivity contribution in [2.75, 3.05) is 6.54 Å². The molecule has 1 saturated heterocycles. The number of aryl methyl sites for hydroxylation is 2. The number of Topliss-reactive ketones (excluding diaryl/α,β-unsaturated/α-hetero) is 2. The molecular formula is C39H42ClFN6O4. The number of hydrogen-bond donors (Lipinski definition) is 1. The maximum atomic E-state index is 14.9. The van der Waals surface area contributed by atoms with Gasteiger partial charge in [-0.15, -0.1) is 0 Å². The lowest BCUT2D eigenvalue weighted by Crippen LogP contribution is -2.45. The first kappa shape index (κ1) is 34.9. The van der Waals surface area contributed by atoms with E-state index in [9.17, 15) is 23.6 Å². The van der Waals surface area contributed by atoms with Gasteiger partial charge in [0.25, 0.3) is 0 Å². The minimum absolute atomic E-state index is 0.00450. The minimum Gasteiger partial charge on any atom is -0.355 e. The average molecular weight is 713 g/mol. The van der Waals surface area contributed by atoms with Gasteiger partial charge in [-0.3, -0.25) is 23.9 Å². The molecule has 2 aromatic heterocycles. The summed E-state index contributed by atoms with van der Waals surface area (Å²) in [4.78, 5) is 64.9. The fourth-order valence-corrected chi connectivity index (χ4v) is 8.35. The van der Waals surface area contributed by atoms with E-state index in [1.807, 2.05) is 13.0 Å². The number of halogens is 2. The summed E-state index contributed by atoms with van der Waals surface area (Å²) in [7, 11) is 0. The Morgan fingerprint density at radius 1 is 1.06 bits per heavy atom. The Kier molecular flexibility index (Phi) is 9.52. The van der Waals surface area contributed by atoms with Crippen LogP contribution in [0.15, 0.2) is 42.7 Å². The number of nitrogens with zero attached hydrogens (tertiary/aromatic N) is 5. The number of ketones is 2. The summed E-state index contributed by atoms with van der Waals surface area (Å²) in [6, 6.07) is 7.78. The predicted octanol–water partition coefficient (Wildman–Crippen LogP) is 6.54. The summed E-state index contributed by atoms with van der Waals surface area (Å²) in [6.45, 7) is 5.30. The van der Waals surface area contributed by atoms with Gasteiger partial charge in [0.15, 0.2) is 11.6 Å². The quantitative estimate of drug-likeness (QED) is 0.225. The van der Waals surface area contributed by atoms with Gasteiger partial charge in [0.1, 0.15) is 23.9 Å². The van der Waals surface area contributed by atoms with Crippen LogP contribution in [-0.4, -0.2) is 66.7 Å². The molecule has 4 aromatic rings. The third-order valence-corrected chi connectivity index (χ3v) is 11.3. The second-order valence-corrected chi connectivity index (χ2v) is 15.0. The normalized spacial score (nSPS) is 23.0. The van der Waals surface area contributed by atoms with E-state index in [-0.39, 0.29) is 53.1 Å². The number of carbonyl (C=O) groups is 4. The minimum atomic E-state index is -0.738. The molecule has 2 bridgehead atoms. The number of aromatic nitrogens is 4. The molecule has 51 heavy (non-hydrogen) atoms. The van der Waals surface area contributed by atoms with E-state index in [2.05, 4.69) is 21.4 Å². The number of nitrogens with one attached hydrogen (secondary N) is 1. The van der Waals surface area contributed by atoms with Crippen molar-refractivity contribution in [1.82, 2.24) is 30.0 Å². The van der Waals surface area contributed by atoms with E-state index in [0.717, 1.165) is 47.9 Å². The van der Waals surface area contributed by atoms with E-state index in [1.165, 1.54) is 13.0 Å². The molecule has 3 aliphatic rings. The van der Waals surface area contributed by atoms with Gasteiger partial charge in [0.05, 0.1) is 16.6 Å². The van der Waals surface area contributed by atoms with E-state index in [0.29, 0.717) is 49.0 Å². The number of carbonyl (C=O) groups excluding carboxylic acids is 4. The van der Waals surface area contributed by atoms with Crippen LogP contribution in [0, 0.1) is 18.2 Å². The topological polar surface area (TPSA) is 127 Å². The average Bonchev–Trinajstić information content (AvgIpc) is 3.51. The molecule has 0 unspecified atom stereocenters. The fraction of sp³-hybridized carbons (Fsp3) is 0.462. The zero-order valence-corrected chi connectivity index (χ0v) is 29.9. The van der Waals surface area contributed by atoms with Gasteiger partial charge < -0.3 is 10.2 Å². The van der Waals surface area contributed by atoms with Crippen molar-refractivity contribution in [3.05, 3.63) is 76.2 Å². The first-order valence-electron chi connectivity index (χ1n) is 17.8. The van der Waals surface area contributed by atoms with Crippen LogP contribution in [0.4, 0.5) is 4.39 Å². The molecule has 10 nitrogen and oxygen atoms in total. The SMILES string of the molecule is CC(=O)c1nn2c3c(cc(-c4cnc(C)nc4)cc13)CCCCCCC(=O)NC[C@@]13C[C@@H](C(=O)C[C@@H](C)c4cccc(Cl)c4F)N(C(=O)C2)[C@@H]1C3. The molecule has 2 fully saturated rings. The third kappa shape index (κ3) is 6.80. The van der Waals surface area contributed by atoms with Crippen LogP contribution < -0.4 is 5.32 Å². The summed E-state index contributed by atoms with van der Waals surface area (Å²) in [5, 5.41) is 8.48. The molecule has 0 spiro atoms. The highest BCUT2D eigenvalue weighted by Crippen LogP contribution is 2.59. The highest BCUT2D eigenvalue weighted by Gasteiger charge is 2.66. The molecule has 2 amide bonds. The van der Waals surface area contributed by atoms with E-state index in [1.54, 1.807) is 41.0 Å². The van der Waals surface area contributed by atoms with Crippen LogP contribution in [-0.2, 0) is 27.3 Å². The predicted molar refractivity (Wildman–Crippen MR) is 191 cm³/mol. The molecule has 4 heterocycles. The van der Waals surface area contributed by atoms with E-state index in [4.69, 9.17) is 16.7 Å². The first-order valence-corrected chi connectivity index (χ1v) is 18.2. The van der Waals surface area contributed by atoms with Crippen molar-refractivity contribution in [3.8, 4) is 11.1 Å². The van der Waals surface area contributed by atoms with Crippen LogP contribution in [0.5, 0.6) is 0 Å². The Morgan fingerprint density at radius 2 is 1.80 bits per heavy atom. The number of hydrogen-bond acceptors (Lipinski definition) is 7. The number of amides is 2. The van der Waals surface area contributed by atoms with Crippen molar-refractivity contribution >= 4 is 45.9 Å². The number of benzene rings is 2. The molecule has 1 saturated carbocycles. The second-order valence-electron chi connectivity index (χ2n) is 14.6. The summed E-state index contributed by atoms with van der Waals surface area (Å²) in [5.41, 5.74) is 3.55. The van der Waals surface area contributed by atoms with Crippen molar-refractivity contribution in [2.24, 2.45) is 5.41 Å². The maximum Gasteiger partial charge on any atom is 0.245 e. The lowest BCUT2D eigenvalue weighted by atomic mass is 9.89. The summed E-state index contributed by atoms with van der Waals surface area (Å²) >= 11 is 6.05. The zero-order chi connectivity index (χ0) is 36.0. The molecule has 12 heteroatoms. The van der Waals surface area contributed by atoms with Crippen LogP contribution >= 0.6 is 11.6 Å². The summed E-state index contributed by atoms with van der Waals surface area (Å²) in [6.07, 6.45) is 9.13. The zero-order valence-electron chi connectivity index (χ0n) is 29.2. The third-order valence-electron chi connectivity index (χ3n) is 11.0. The van der Waals surface area contributed by atoms with Crippen LogP contribution in [0.3, 0.4) is 0 Å². The van der Waals surface area contributed by atoms with Gasteiger partial charge in [-0.2, -0.15) is 5.10 Å². The van der Waals surface area contributed by atoms with Crippen LogP contribution in [0.1, 0.15) is 98.6 Å². The standard InChI is InChI=1S/C39H42ClFN6O4/c1-22(28-10-8-11-30(40)36(28)41)13-32(49)31-16-39-17-33(39)47(31)35(51)20-46-38-25(9-6-4-5-7-12-34(50)44-21-39)14-26(27-18-42-24(3)43-19-27)15-29(38)37(45-46)23(2)48/h8,10-11,14-15,18-19,22,31,33H,4-7,9,12-13,16-17,20-21H2,1-3H3,(H,44,50)/t22-,31+,33-,39+/m1/s1. The maximum absolute atomic E-state index is 14.9. The lowest BCUT2D eigenvalue weighted by molar-refractivity contribution is -0.139. The van der Waals surface area contributed by atoms with Crippen LogP contribution in [0.25, 0.3) is 22.0 Å². The molecule has 266 valence electrons. The molecule has 7 rings (SSSR count). The van der Waals surface area contributed by atoms with Gasteiger partial charge >= 0.3 is 0 Å². The number of rotatable bonds is 6. The van der Waals surface area contributed by atoms with Crippen molar-refractivity contribution < 1.29 is 23.6 Å². The van der Waals surface area contributed by atoms with Crippen molar-refractivity contribution in [1.29, 1.82) is 0 Å². The molecule has 2 aliphatic heterocycles. The summed E-state index contributed by atoms with van der Waals surface area (Å²) in [5.74, 6) is -1.05. The largest absolute Gasteiger partial charge is 0.355 e. The first-order chi connectivity index (χ1) is 24.5. The summed E-state index contributed by atoms with van der Waals surface area (Å²) < 4.78 is 16.6. The molecular weight excluding hydrogens is 671 g/mol. The second kappa shape index (κ2) is 13.9.